The van der Waals surface area contributed by atoms with E-state index in [-0.39, 0.29) is 11.4 Å². The van der Waals surface area contributed by atoms with Crippen LogP contribution in [0.1, 0.15) is 24.0 Å². The molecule has 0 amide bonds. The fourth-order valence-electron chi connectivity index (χ4n) is 1.93. The minimum Gasteiger partial charge on any atom is -0.507 e. The molecule has 0 saturated carbocycles. The number of phenols is 1. The summed E-state index contributed by atoms with van der Waals surface area (Å²) in [6.07, 6.45) is 3.77. The first-order valence-corrected chi connectivity index (χ1v) is 4.67. The molecule has 0 fully saturated rings. The van der Waals surface area contributed by atoms with Gasteiger partial charge in [0.2, 0.25) is 0 Å². The van der Waals surface area contributed by atoms with Crippen LogP contribution in [0.25, 0.3) is 0 Å². The van der Waals surface area contributed by atoms with Gasteiger partial charge < -0.3 is 5.11 Å². The summed E-state index contributed by atoms with van der Waals surface area (Å²) in [4.78, 5) is 10.1. The van der Waals surface area contributed by atoms with Gasteiger partial charge in [0.05, 0.1) is 11.0 Å². The third kappa shape index (κ3) is 1.43. The van der Waals surface area contributed by atoms with Crippen molar-refractivity contribution >= 4 is 5.69 Å². The van der Waals surface area contributed by atoms with Gasteiger partial charge >= 0.3 is 0 Å². The van der Waals surface area contributed by atoms with E-state index in [0.29, 0.717) is 0 Å². The predicted molar refractivity (Wildman–Crippen MR) is 51.4 cm³/mol. The molecule has 4 nitrogen and oxygen atoms in total. The summed E-state index contributed by atoms with van der Waals surface area (Å²) in [6.45, 7) is 0. The number of fused-ring (bicyclic) bond motifs is 1. The monoisotopic (exact) mass is 193 g/mol. The normalized spacial score (nSPS) is 14.9. The fraction of sp³-hybridized carbons (Fsp3) is 0.400. The molecule has 1 aliphatic carbocycles. The van der Waals surface area contributed by atoms with Crippen LogP contribution in [0.5, 0.6) is 5.75 Å². The van der Waals surface area contributed by atoms with Crippen molar-refractivity contribution in [1.29, 1.82) is 0 Å². The molecule has 0 aromatic heterocycles. The first-order valence-electron chi connectivity index (χ1n) is 4.67. The lowest BCUT2D eigenvalue weighted by Crippen LogP contribution is -2.03. The number of benzene rings is 1. The van der Waals surface area contributed by atoms with Gasteiger partial charge in [0, 0.05) is 6.07 Å². The molecule has 0 unspecified atom stereocenters. The zero-order valence-electron chi connectivity index (χ0n) is 7.69. The summed E-state index contributed by atoms with van der Waals surface area (Å²) in [5.74, 6) is 0.0777. The van der Waals surface area contributed by atoms with Gasteiger partial charge in [-0.3, -0.25) is 10.1 Å². The molecule has 0 aliphatic heterocycles. The molecule has 0 bridgehead atoms. The lowest BCUT2D eigenvalue weighted by atomic mass is 9.90. The van der Waals surface area contributed by atoms with Crippen molar-refractivity contribution in [3.63, 3.8) is 0 Å². The Labute approximate surface area is 81.3 Å². The van der Waals surface area contributed by atoms with Gasteiger partial charge in [-0.15, -0.1) is 0 Å². The minimum absolute atomic E-state index is 0.0110. The molecule has 14 heavy (non-hydrogen) atoms. The van der Waals surface area contributed by atoms with Crippen molar-refractivity contribution in [2.24, 2.45) is 0 Å². The summed E-state index contributed by atoms with van der Waals surface area (Å²) in [7, 11) is 0. The van der Waals surface area contributed by atoms with E-state index in [0.717, 1.165) is 36.8 Å². The standard InChI is InChI=1S/C10H11NO3/c12-10-6-8(11(13)14)5-7-3-1-2-4-9(7)10/h5-6,12H,1-4H2. The Balaban J connectivity index is 2.51. The molecule has 1 aromatic rings. The second-order valence-corrected chi connectivity index (χ2v) is 3.57. The van der Waals surface area contributed by atoms with E-state index in [2.05, 4.69) is 0 Å². The molecule has 0 radical (unpaired) electrons. The van der Waals surface area contributed by atoms with E-state index in [4.69, 9.17) is 0 Å². The van der Waals surface area contributed by atoms with Gasteiger partial charge in [-0.2, -0.15) is 0 Å². The number of hydrogen-bond acceptors (Lipinski definition) is 3. The molecule has 0 spiro atoms. The minimum atomic E-state index is -0.464. The highest BCUT2D eigenvalue weighted by Gasteiger charge is 2.18. The van der Waals surface area contributed by atoms with Crippen molar-refractivity contribution < 1.29 is 10.0 Å². The number of non-ortho nitro benzene ring substituents is 1. The Hall–Kier alpha value is -1.58. The van der Waals surface area contributed by atoms with Crippen molar-refractivity contribution in [3.05, 3.63) is 33.4 Å². The van der Waals surface area contributed by atoms with Crippen LogP contribution < -0.4 is 0 Å². The Bertz CT molecular complexity index is 387. The van der Waals surface area contributed by atoms with Crippen LogP contribution in [0.2, 0.25) is 0 Å². The van der Waals surface area contributed by atoms with Crippen LogP contribution >= 0.6 is 0 Å². The van der Waals surface area contributed by atoms with E-state index in [9.17, 15) is 15.2 Å². The third-order valence-electron chi connectivity index (χ3n) is 2.64. The molecule has 0 heterocycles. The molecule has 0 atom stereocenters. The summed E-state index contributed by atoms with van der Waals surface area (Å²) >= 11 is 0. The second kappa shape index (κ2) is 3.29. The number of hydrogen-bond donors (Lipinski definition) is 1. The van der Waals surface area contributed by atoms with Crippen LogP contribution in [0.15, 0.2) is 12.1 Å². The van der Waals surface area contributed by atoms with E-state index < -0.39 is 4.92 Å². The zero-order chi connectivity index (χ0) is 10.1. The Kier molecular flexibility index (Phi) is 2.11. The summed E-state index contributed by atoms with van der Waals surface area (Å²) in [5, 5.41) is 20.1. The average molecular weight is 193 g/mol. The lowest BCUT2D eigenvalue weighted by Gasteiger charge is -2.16. The average Bonchev–Trinajstić information content (AvgIpc) is 2.17. The van der Waals surface area contributed by atoms with Gasteiger partial charge in [0.1, 0.15) is 5.75 Å². The highest BCUT2D eigenvalue weighted by molar-refractivity contribution is 5.49. The van der Waals surface area contributed by atoms with Gasteiger partial charge in [0.25, 0.3) is 5.69 Å². The number of nitro benzene ring substituents is 1. The van der Waals surface area contributed by atoms with Gasteiger partial charge in [-0.1, -0.05) is 0 Å². The molecular weight excluding hydrogens is 182 g/mol. The van der Waals surface area contributed by atoms with Crippen LogP contribution in [-0.4, -0.2) is 10.0 Å². The smallest absolute Gasteiger partial charge is 0.273 e. The molecular formula is C10H11NO3. The Morgan fingerprint density at radius 2 is 2.00 bits per heavy atom. The van der Waals surface area contributed by atoms with E-state index in [1.54, 1.807) is 6.07 Å². The van der Waals surface area contributed by atoms with Crippen LogP contribution in [-0.2, 0) is 12.8 Å². The van der Waals surface area contributed by atoms with Gasteiger partial charge in [-0.25, -0.2) is 0 Å². The van der Waals surface area contributed by atoms with Gasteiger partial charge in [-0.05, 0) is 36.8 Å². The Morgan fingerprint density at radius 3 is 2.71 bits per heavy atom. The molecule has 4 heteroatoms. The first-order chi connectivity index (χ1) is 6.68. The topological polar surface area (TPSA) is 63.4 Å². The summed E-state index contributed by atoms with van der Waals surface area (Å²) < 4.78 is 0. The second-order valence-electron chi connectivity index (χ2n) is 3.57. The number of nitro groups is 1. The van der Waals surface area contributed by atoms with Crippen molar-refractivity contribution in [1.82, 2.24) is 0 Å². The largest absolute Gasteiger partial charge is 0.507 e. The fourth-order valence-corrected chi connectivity index (χ4v) is 1.93. The van der Waals surface area contributed by atoms with E-state index in [1.807, 2.05) is 0 Å². The van der Waals surface area contributed by atoms with Crippen LogP contribution in [0.4, 0.5) is 5.69 Å². The number of nitrogens with zero attached hydrogens (tertiary/aromatic N) is 1. The predicted octanol–water partition coefficient (Wildman–Crippen LogP) is 2.18. The Morgan fingerprint density at radius 1 is 1.29 bits per heavy atom. The molecule has 1 N–H and O–H groups in total. The maximum absolute atomic E-state index is 10.5. The van der Waals surface area contributed by atoms with Crippen molar-refractivity contribution in [2.45, 2.75) is 25.7 Å². The van der Waals surface area contributed by atoms with E-state index in [1.165, 1.54) is 6.07 Å². The molecule has 2 rings (SSSR count). The van der Waals surface area contributed by atoms with Crippen molar-refractivity contribution in [3.8, 4) is 5.75 Å². The van der Waals surface area contributed by atoms with E-state index >= 15 is 0 Å². The molecule has 1 aromatic carbocycles. The van der Waals surface area contributed by atoms with Gasteiger partial charge in [0.15, 0.2) is 0 Å². The quantitative estimate of drug-likeness (QED) is 0.549. The summed E-state index contributed by atoms with van der Waals surface area (Å²) in [6, 6.07) is 2.82. The maximum atomic E-state index is 10.5. The maximum Gasteiger partial charge on any atom is 0.273 e. The highest BCUT2D eigenvalue weighted by atomic mass is 16.6. The van der Waals surface area contributed by atoms with Crippen LogP contribution in [0.3, 0.4) is 0 Å². The molecule has 74 valence electrons. The first kappa shape index (κ1) is 8.99. The molecule has 1 aliphatic rings. The highest BCUT2D eigenvalue weighted by Crippen LogP contribution is 2.32. The summed E-state index contributed by atoms with van der Waals surface area (Å²) in [5.41, 5.74) is 1.81. The van der Waals surface area contributed by atoms with Crippen LogP contribution in [0, 0.1) is 10.1 Å². The van der Waals surface area contributed by atoms with Crippen molar-refractivity contribution in [2.75, 3.05) is 0 Å². The SMILES string of the molecule is O=[N+]([O-])c1cc(O)c2c(c1)CCCC2. The number of rotatable bonds is 1. The number of aromatic hydroxyl groups is 1. The zero-order valence-corrected chi connectivity index (χ0v) is 7.69. The third-order valence-corrected chi connectivity index (χ3v) is 2.64. The number of aryl methyl sites for hydroxylation is 1. The lowest BCUT2D eigenvalue weighted by molar-refractivity contribution is -0.385. The number of phenolic OH excluding ortho intramolecular Hbond substituents is 1. The molecule has 0 saturated heterocycles.